The second-order valence-corrected chi connectivity index (χ2v) is 4.78. The molecule has 0 radical (unpaired) electrons. The first kappa shape index (κ1) is 13.0. The van der Waals surface area contributed by atoms with Crippen LogP contribution in [0.3, 0.4) is 0 Å². The molecular formula is C14H22O2. The summed E-state index contributed by atoms with van der Waals surface area (Å²) >= 11 is 0. The van der Waals surface area contributed by atoms with Gasteiger partial charge in [-0.25, -0.2) is 0 Å². The highest BCUT2D eigenvalue weighted by atomic mass is 16.5. The van der Waals surface area contributed by atoms with Gasteiger partial charge >= 0.3 is 5.97 Å². The largest absolute Gasteiger partial charge is 0.466 e. The SMILES string of the molecule is C=C[C@]1(C)CCCC(=C)[C@H]1CC(=O)OCC. The van der Waals surface area contributed by atoms with Crippen molar-refractivity contribution in [1.82, 2.24) is 0 Å². The highest BCUT2D eigenvalue weighted by Gasteiger charge is 2.37. The average molecular weight is 222 g/mol. The molecule has 0 aromatic carbocycles. The van der Waals surface area contributed by atoms with Gasteiger partial charge in [-0.1, -0.05) is 25.2 Å². The van der Waals surface area contributed by atoms with Crippen LogP contribution in [0.1, 0.15) is 39.5 Å². The Balaban J connectivity index is 2.75. The number of rotatable bonds is 4. The van der Waals surface area contributed by atoms with Crippen molar-refractivity contribution in [3.63, 3.8) is 0 Å². The first-order valence-corrected chi connectivity index (χ1v) is 6.00. The van der Waals surface area contributed by atoms with Crippen LogP contribution in [0.15, 0.2) is 24.8 Å². The zero-order valence-corrected chi connectivity index (χ0v) is 10.4. The van der Waals surface area contributed by atoms with E-state index < -0.39 is 0 Å². The zero-order chi connectivity index (χ0) is 12.2. The molecule has 0 unspecified atom stereocenters. The summed E-state index contributed by atoms with van der Waals surface area (Å²) in [6.07, 6.45) is 5.66. The topological polar surface area (TPSA) is 26.3 Å². The molecule has 0 bridgehead atoms. The van der Waals surface area contributed by atoms with E-state index in [1.54, 1.807) is 0 Å². The Bertz CT molecular complexity index is 293. The van der Waals surface area contributed by atoms with Crippen LogP contribution in [0.4, 0.5) is 0 Å². The quantitative estimate of drug-likeness (QED) is 0.537. The van der Waals surface area contributed by atoms with Gasteiger partial charge in [-0.15, -0.1) is 6.58 Å². The predicted molar refractivity (Wildman–Crippen MR) is 66.0 cm³/mol. The molecule has 0 aliphatic heterocycles. The number of carbonyl (C=O) groups is 1. The summed E-state index contributed by atoms with van der Waals surface area (Å²) in [6.45, 7) is 12.4. The number of ether oxygens (including phenoxy) is 1. The summed E-state index contributed by atoms with van der Waals surface area (Å²) in [7, 11) is 0. The van der Waals surface area contributed by atoms with E-state index in [1.165, 1.54) is 5.57 Å². The van der Waals surface area contributed by atoms with Crippen molar-refractivity contribution < 1.29 is 9.53 Å². The molecule has 2 heteroatoms. The van der Waals surface area contributed by atoms with Crippen molar-refractivity contribution in [1.29, 1.82) is 0 Å². The van der Waals surface area contributed by atoms with E-state index in [4.69, 9.17) is 4.74 Å². The standard InChI is InChI=1S/C14H22O2/c1-5-14(4)9-7-8-11(3)12(14)10-13(15)16-6-2/h5,12H,1,3,6-10H2,2,4H3/t12-,14-/m1/s1. The first-order chi connectivity index (χ1) is 7.53. The number of carbonyl (C=O) groups excluding carboxylic acids is 1. The summed E-state index contributed by atoms with van der Waals surface area (Å²) in [5, 5.41) is 0. The summed E-state index contributed by atoms with van der Waals surface area (Å²) in [6, 6.07) is 0. The van der Waals surface area contributed by atoms with Crippen molar-refractivity contribution in [3.8, 4) is 0 Å². The van der Waals surface area contributed by atoms with Gasteiger partial charge < -0.3 is 4.74 Å². The lowest BCUT2D eigenvalue weighted by molar-refractivity contribution is -0.144. The molecule has 0 aromatic rings. The van der Waals surface area contributed by atoms with E-state index in [-0.39, 0.29) is 17.3 Å². The van der Waals surface area contributed by atoms with Crippen molar-refractivity contribution in [2.24, 2.45) is 11.3 Å². The highest BCUT2D eigenvalue weighted by molar-refractivity contribution is 5.70. The molecule has 0 spiro atoms. The molecule has 0 saturated heterocycles. The van der Waals surface area contributed by atoms with Gasteiger partial charge in [0.1, 0.15) is 0 Å². The summed E-state index contributed by atoms with van der Waals surface area (Å²) in [4.78, 5) is 11.6. The normalized spacial score (nSPS) is 29.9. The molecule has 1 aliphatic carbocycles. The van der Waals surface area contributed by atoms with E-state index in [1.807, 2.05) is 13.0 Å². The Labute approximate surface area is 98.4 Å². The van der Waals surface area contributed by atoms with Gasteiger partial charge in [0.25, 0.3) is 0 Å². The van der Waals surface area contributed by atoms with E-state index >= 15 is 0 Å². The van der Waals surface area contributed by atoms with Crippen LogP contribution >= 0.6 is 0 Å². The molecule has 1 fully saturated rings. The fourth-order valence-corrected chi connectivity index (χ4v) is 2.52. The number of hydrogen-bond acceptors (Lipinski definition) is 2. The minimum absolute atomic E-state index is 0.00208. The first-order valence-electron chi connectivity index (χ1n) is 6.00. The van der Waals surface area contributed by atoms with E-state index in [0.717, 1.165) is 19.3 Å². The minimum atomic E-state index is -0.122. The summed E-state index contributed by atoms with van der Waals surface area (Å²) in [5.41, 5.74) is 1.17. The summed E-state index contributed by atoms with van der Waals surface area (Å²) in [5.74, 6) is 0.0708. The van der Waals surface area contributed by atoms with E-state index in [9.17, 15) is 4.79 Å². The van der Waals surface area contributed by atoms with Gasteiger partial charge in [0.15, 0.2) is 0 Å². The van der Waals surface area contributed by atoms with Crippen molar-refractivity contribution in [2.75, 3.05) is 6.61 Å². The lowest BCUT2D eigenvalue weighted by Crippen LogP contribution is -2.32. The molecule has 2 nitrogen and oxygen atoms in total. The van der Waals surface area contributed by atoms with Crippen LogP contribution < -0.4 is 0 Å². The maximum absolute atomic E-state index is 11.6. The van der Waals surface area contributed by atoms with Gasteiger partial charge in [0, 0.05) is 0 Å². The predicted octanol–water partition coefficient (Wildman–Crippen LogP) is 3.49. The maximum atomic E-state index is 11.6. The van der Waals surface area contributed by atoms with Gasteiger partial charge in [-0.2, -0.15) is 0 Å². The molecule has 1 rings (SSSR count). The molecule has 0 heterocycles. The third-order valence-corrected chi connectivity index (χ3v) is 3.64. The fraction of sp³-hybridized carbons (Fsp3) is 0.643. The van der Waals surface area contributed by atoms with Gasteiger partial charge in [-0.05, 0) is 37.5 Å². The van der Waals surface area contributed by atoms with Crippen LogP contribution in [0.2, 0.25) is 0 Å². The number of hydrogen-bond donors (Lipinski definition) is 0. The molecule has 1 aliphatic rings. The second-order valence-electron chi connectivity index (χ2n) is 4.78. The van der Waals surface area contributed by atoms with Crippen LogP contribution in [-0.4, -0.2) is 12.6 Å². The van der Waals surface area contributed by atoms with Gasteiger partial charge in [0.05, 0.1) is 13.0 Å². The third kappa shape index (κ3) is 2.75. The Morgan fingerprint density at radius 2 is 2.38 bits per heavy atom. The molecule has 2 atom stereocenters. The Hall–Kier alpha value is -1.05. The second kappa shape index (κ2) is 5.33. The zero-order valence-electron chi connectivity index (χ0n) is 10.4. The molecule has 16 heavy (non-hydrogen) atoms. The molecule has 0 N–H and O–H groups in total. The molecule has 0 amide bonds. The molecule has 1 saturated carbocycles. The summed E-state index contributed by atoms with van der Waals surface area (Å²) < 4.78 is 5.02. The smallest absolute Gasteiger partial charge is 0.306 e. The van der Waals surface area contributed by atoms with Crippen LogP contribution in [0.25, 0.3) is 0 Å². The molecule has 0 aromatic heterocycles. The lowest BCUT2D eigenvalue weighted by Gasteiger charge is -2.40. The maximum Gasteiger partial charge on any atom is 0.306 e. The van der Waals surface area contributed by atoms with Gasteiger partial charge in [0.2, 0.25) is 0 Å². The average Bonchev–Trinajstić information content (AvgIpc) is 2.24. The monoisotopic (exact) mass is 222 g/mol. The lowest BCUT2D eigenvalue weighted by atomic mass is 9.64. The van der Waals surface area contributed by atoms with Crippen molar-refractivity contribution >= 4 is 5.97 Å². The van der Waals surface area contributed by atoms with Gasteiger partial charge in [-0.3, -0.25) is 4.79 Å². The molecular weight excluding hydrogens is 200 g/mol. The number of esters is 1. The molecule has 90 valence electrons. The van der Waals surface area contributed by atoms with Crippen LogP contribution in [0, 0.1) is 11.3 Å². The minimum Gasteiger partial charge on any atom is -0.466 e. The van der Waals surface area contributed by atoms with E-state index in [2.05, 4.69) is 20.1 Å². The number of allylic oxidation sites excluding steroid dienone is 2. The van der Waals surface area contributed by atoms with Crippen molar-refractivity contribution in [3.05, 3.63) is 24.8 Å². The van der Waals surface area contributed by atoms with E-state index in [0.29, 0.717) is 13.0 Å². The Morgan fingerprint density at radius 1 is 1.69 bits per heavy atom. The van der Waals surface area contributed by atoms with Crippen molar-refractivity contribution in [2.45, 2.75) is 39.5 Å². The third-order valence-electron chi connectivity index (χ3n) is 3.64. The Morgan fingerprint density at radius 3 is 2.94 bits per heavy atom. The van der Waals surface area contributed by atoms with Crippen LogP contribution in [0.5, 0.6) is 0 Å². The van der Waals surface area contributed by atoms with Crippen LogP contribution in [-0.2, 0) is 9.53 Å². The highest BCUT2D eigenvalue weighted by Crippen LogP contribution is 2.46. The fourth-order valence-electron chi connectivity index (χ4n) is 2.52. The Kier molecular flexibility index (Phi) is 4.34.